The van der Waals surface area contributed by atoms with Crippen LogP contribution in [0.4, 0.5) is 0 Å². The van der Waals surface area contributed by atoms with Gasteiger partial charge in [-0.2, -0.15) is 0 Å². The van der Waals surface area contributed by atoms with Crippen molar-refractivity contribution in [3.8, 4) is 23.0 Å². The second kappa shape index (κ2) is 16.0. The number of carbonyl (C=O) groups is 3. The predicted molar refractivity (Wildman–Crippen MR) is 166 cm³/mol. The fraction of sp³-hybridized carbons (Fsp3) is 0.429. The SMILES string of the molecule is COc1ccc(C[C@H]2CCOC[C@H](CC(=O)c3nccc(OC)c3OC(=O)C(C)C)C(=O)O[C@@H](C)[C@@H]2Oc2ccccc2)cc1. The lowest BCUT2D eigenvalue weighted by atomic mass is 9.88. The lowest BCUT2D eigenvalue weighted by molar-refractivity contribution is -0.163. The Balaban J connectivity index is 1.55. The molecular weight excluding hydrogens is 578 g/mol. The van der Waals surface area contributed by atoms with Gasteiger partial charge in [0.1, 0.15) is 23.7 Å². The first kappa shape index (κ1) is 33.5. The van der Waals surface area contributed by atoms with Crippen molar-refractivity contribution in [2.24, 2.45) is 17.8 Å². The van der Waals surface area contributed by atoms with E-state index >= 15 is 0 Å². The Morgan fingerprint density at radius 2 is 1.71 bits per heavy atom. The Morgan fingerprint density at radius 3 is 2.38 bits per heavy atom. The largest absolute Gasteiger partial charge is 0.497 e. The van der Waals surface area contributed by atoms with E-state index in [9.17, 15) is 14.4 Å². The maximum atomic E-state index is 13.6. The highest BCUT2D eigenvalue weighted by Crippen LogP contribution is 2.33. The molecule has 1 aromatic heterocycles. The van der Waals surface area contributed by atoms with E-state index in [4.69, 9.17) is 28.4 Å². The molecule has 4 atom stereocenters. The Kier molecular flexibility index (Phi) is 11.9. The number of rotatable bonds is 11. The van der Waals surface area contributed by atoms with Gasteiger partial charge in [-0.25, -0.2) is 4.98 Å². The molecule has 10 nitrogen and oxygen atoms in total. The predicted octanol–water partition coefficient (Wildman–Crippen LogP) is 5.51. The number of hydrogen-bond acceptors (Lipinski definition) is 10. The number of methoxy groups -OCH3 is 2. The highest BCUT2D eigenvalue weighted by atomic mass is 16.6. The quantitative estimate of drug-likeness (QED) is 0.201. The van der Waals surface area contributed by atoms with E-state index in [1.165, 1.54) is 19.4 Å². The third kappa shape index (κ3) is 9.04. The lowest BCUT2D eigenvalue weighted by Crippen LogP contribution is -2.43. The lowest BCUT2D eigenvalue weighted by Gasteiger charge is -2.34. The number of pyridine rings is 1. The fourth-order valence-electron chi connectivity index (χ4n) is 5.12. The molecule has 0 bridgehead atoms. The number of para-hydroxylation sites is 1. The molecule has 0 N–H and O–H groups in total. The summed E-state index contributed by atoms with van der Waals surface area (Å²) in [6.07, 6.45) is 1.26. The molecule has 10 heteroatoms. The van der Waals surface area contributed by atoms with Gasteiger partial charge in [-0.3, -0.25) is 14.4 Å². The van der Waals surface area contributed by atoms with Gasteiger partial charge in [0, 0.05) is 31.2 Å². The van der Waals surface area contributed by atoms with Crippen molar-refractivity contribution in [1.82, 2.24) is 4.98 Å². The van der Waals surface area contributed by atoms with Gasteiger partial charge in [-0.15, -0.1) is 0 Å². The molecule has 4 rings (SSSR count). The minimum atomic E-state index is -0.919. The summed E-state index contributed by atoms with van der Waals surface area (Å²) in [4.78, 5) is 43.7. The van der Waals surface area contributed by atoms with E-state index in [-0.39, 0.29) is 36.1 Å². The molecule has 0 amide bonds. The molecule has 1 fully saturated rings. The number of nitrogens with zero attached hydrogens (tertiary/aromatic N) is 1. The number of ketones is 1. The third-order valence-corrected chi connectivity index (χ3v) is 7.65. The maximum Gasteiger partial charge on any atom is 0.313 e. The minimum Gasteiger partial charge on any atom is -0.497 e. The zero-order valence-electron chi connectivity index (χ0n) is 26.4. The molecule has 1 saturated heterocycles. The van der Waals surface area contributed by atoms with E-state index in [1.807, 2.05) is 54.6 Å². The van der Waals surface area contributed by atoms with Gasteiger partial charge in [0.2, 0.25) is 5.75 Å². The second-order valence-electron chi connectivity index (χ2n) is 11.3. The van der Waals surface area contributed by atoms with E-state index in [1.54, 1.807) is 27.9 Å². The van der Waals surface area contributed by atoms with E-state index in [0.717, 1.165) is 11.3 Å². The number of ether oxygens (including phenoxy) is 6. The molecule has 2 heterocycles. The van der Waals surface area contributed by atoms with Crippen LogP contribution in [0, 0.1) is 17.8 Å². The highest BCUT2D eigenvalue weighted by molar-refractivity contribution is 6.00. The standard InChI is InChI=1S/C35H41NO9/c1-22(2)34(38)45-33-30(41-5)15-17-36-31(33)29(37)20-26-21-42-18-16-25(19-24-11-13-27(40-4)14-12-24)32(23(3)43-35(26)39)44-28-9-7-6-8-10-28/h6-15,17,22-23,25-26,32H,16,18-21H2,1-5H3/t23-,25+,26-,32-/m0/s1. The van der Waals surface area contributed by atoms with Gasteiger partial charge < -0.3 is 28.4 Å². The summed E-state index contributed by atoms with van der Waals surface area (Å²) in [7, 11) is 3.03. The van der Waals surface area contributed by atoms with E-state index in [2.05, 4.69) is 4.98 Å². The summed E-state index contributed by atoms with van der Waals surface area (Å²) < 4.78 is 34.6. The van der Waals surface area contributed by atoms with E-state index in [0.29, 0.717) is 25.2 Å². The second-order valence-corrected chi connectivity index (χ2v) is 11.3. The molecule has 45 heavy (non-hydrogen) atoms. The Labute approximate surface area is 263 Å². The Bertz CT molecular complexity index is 1420. The Morgan fingerprint density at radius 1 is 0.978 bits per heavy atom. The van der Waals surface area contributed by atoms with Crippen LogP contribution >= 0.6 is 0 Å². The number of Topliss-reactive ketones (excluding diaryl/α,β-unsaturated/α-hetero) is 1. The minimum absolute atomic E-state index is 0.0260. The number of esters is 2. The summed E-state index contributed by atoms with van der Waals surface area (Å²) in [5, 5.41) is 0. The van der Waals surface area contributed by atoms with Crippen LogP contribution in [0.2, 0.25) is 0 Å². The number of hydrogen-bond donors (Lipinski definition) is 0. The van der Waals surface area contributed by atoms with Crippen molar-refractivity contribution < 1.29 is 42.8 Å². The summed E-state index contributed by atoms with van der Waals surface area (Å²) in [6.45, 7) is 5.48. The topological polar surface area (TPSA) is 119 Å². The molecule has 1 aliphatic rings. The van der Waals surface area contributed by atoms with Crippen LogP contribution < -0.4 is 18.9 Å². The number of carbonyl (C=O) groups excluding carboxylic acids is 3. The molecule has 0 saturated carbocycles. The molecule has 240 valence electrons. The molecule has 0 aliphatic carbocycles. The number of benzene rings is 2. The van der Waals surface area contributed by atoms with Crippen LogP contribution in [-0.4, -0.2) is 62.3 Å². The van der Waals surface area contributed by atoms with Crippen LogP contribution in [0.25, 0.3) is 0 Å². The zero-order chi connectivity index (χ0) is 32.3. The van der Waals surface area contributed by atoms with Crippen molar-refractivity contribution in [2.45, 2.75) is 52.2 Å². The number of aromatic nitrogens is 1. The average Bonchev–Trinajstić information content (AvgIpc) is 3.04. The molecule has 0 radical (unpaired) electrons. The van der Waals surface area contributed by atoms with Crippen molar-refractivity contribution in [2.75, 3.05) is 27.4 Å². The van der Waals surface area contributed by atoms with Gasteiger partial charge in [-0.05, 0) is 49.6 Å². The normalized spacial score (nSPS) is 20.5. The van der Waals surface area contributed by atoms with Crippen molar-refractivity contribution >= 4 is 17.7 Å². The van der Waals surface area contributed by atoms with Gasteiger partial charge >= 0.3 is 11.9 Å². The first-order valence-electron chi connectivity index (χ1n) is 15.1. The summed E-state index contributed by atoms with van der Waals surface area (Å²) in [6, 6.07) is 18.7. The Hall–Kier alpha value is -4.44. The number of cyclic esters (lactones) is 1. The smallest absolute Gasteiger partial charge is 0.313 e. The monoisotopic (exact) mass is 619 g/mol. The molecular formula is C35H41NO9. The van der Waals surface area contributed by atoms with Gasteiger partial charge in [0.15, 0.2) is 17.2 Å². The average molecular weight is 620 g/mol. The van der Waals surface area contributed by atoms with Crippen molar-refractivity contribution in [3.05, 3.63) is 78.1 Å². The molecule has 2 aromatic carbocycles. The molecule has 0 unspecified atom stereocenters. The van der Waals surface area contributed by atoms with Crippen molar-refractivity contribution in [3.63, 3.8) is 0 Å². The summed E-state index contributed by atoms with van der Waals surface area (Å²) in [5.74, 6) is -1.54. The summed E-state index contributed by atoms with van der Waals surface area (Å²) in [5.41, 5.74) is 0.979. The van der Waals surface area contributed by atoms with Crippen LogP contribution in [0.5, 0.6) is 23.0 Å². The van der Waals surface area contributed by atoms with Crippen molar-refractivity contribution in [1.29, 1.82) is 0 Å². The first-order chi connectivity index (χ1) is 21.7. The van der Waals surface area contributed by atoms with Crippen LogP contribution in [0.3, 0.4) is 0 Å². The van der Waals surface area contributed by atoms with Gasteiger partial charge in [0.05, 0.1) is 32.7 Å². The third-order valence-electron chi connectivity index (χ3n) is 7.65. The van der Waals surface area contributed by atoms with Crippen LogP contribution in [-0.2, 0) is 25.5 Å². The van der Waals surface area contributed by atoms with E-state index < -0.39 is 41.8 Å². The maximum absolute atomic E-state index is 13.6. The summed E-state index contributed by atoms with van der Waals surface area (Å²) >= 11 is 0. The van der Waals surface area contributed by atoms with Gasteiger partial charge in [-0.1, -0.05) is 44.2 Å². The first-order valence-corrected chi connectivity index (χ1v) is 15.1. The molecule has 1 aliphatic heterocycles. The fourth-order valence-corrected chi connectivity index (χ4v) is 5.12. The molecule has 3 aromatic rings. The van der Waals surface area contributed by atoms with Crippen LogP contribution in [0.1, 0.15) is 49.7 Å². The molecule has 0 spiro atoms. The zero-order valence-corrected chi connectivity index (χ0v) is 26.4. The highest BCUT2D eigenvalue weighted by Gasteiger charge is 2.36. The van der Waals surface area contributed by atoms with Gasteiger partial charge in [0.25, 0.3) is 0 Å². The van der Waals surface area contributed by atoms with Crippen LogP contribution in [0.15, 0.2) is 66.9 Å².